The fourth-order valence-electron chi connectivity index (χ4n) is 4.03. The van der Waals surface area contributed by atoms with Crippen LogP contribution in [0.2, 0.25) is 0 Å². The van der Waals surface area contributed by atoms with Crippen molar-refractivity contribution in [1.29, 1.82) is 0 Å². The summed E-state index contributed by atoms with van der Waals surface area (Å²) in [5.74, 6) is -0.0911. The number of aliphatic hydroxyl groups is 1. The van der Waals surface area contributed by atoms with Crippen LogP contribution in [0.25, 0.3) is 0 Å². The molecule has 1 aliphatic carbocycles. The van der Waals surface area contributed by atoms with Gasteiger partial charge in [-0.3, -0.25) is 14.6 Å². The van der Waals surface area contributed by atoms with Gasteiger partial charge in [-0.05, 0) is 30.4 Å². The predicted octanol–water partition coefficient (Wildman–Crippen LogP) is 3.12. The molecule has 2 rings (SSSR count). The number of aliphatic hydroxyl groups excluding tert-OH is 1. The number of nitrogens with zero attached hydrogens (tertiary/aromatic N) is 1. The van der Waals surface area contributed by atoms with E-state index < -0.39 is 18.2 Å². The molecular weight excluding hydrogens is 451 g/mol. The van der Waals surface area contributed by atoms with Crippen molar-refractivity contribution in [3.8, 4) is 0 Å². The number of pyridine rings is 1. The first-order chi connectivity index (χ1) is 14.4. The molecule has 1 aromatic rings. The Hall–Kier alpha value is -1.41. The first kappa shape index (κ1) is 30.6. The quantitative estimate of drug-likeness (QED) is 0.380. The zero-order valence-electron chi connectivity index (χ0n) is 19.2. The van der Waals surface area contributed by atoms with Crippen LogP contribution in [0.4, 0.5) is 0 Å². The van der Waals surface area contributed by atoms with E-state index in [-0.39, 0.29) is 49.0 Å². The second-order valence-corrected chi connectivity index (χ2v) is 8.64. The number of hydrogen-bond acceptors (Lipinski definition) is 5. The van der Waals surface area contributed by atoms with Gasteiger partial charge in [-0.25, -0.2) is 0 Å². The van der Waals surface area contributed by atoms with E-state index in [2.05, 4.69) is 15.6 Å². The third-order valence-corrected chi connectivity index (χ3v) is 6.20. The molecule has 1 fully saturated rings. The molecule has 7 nitrogen and oxygen atoms in total. The summed E-state index contributed by atoms with van der Waals surface area (Å²) in [6.45, 7) is 4.21. The van der Waals surface area contributed by atoms with Crippen LogP contribution in [0, 0.1) is 11.8 Å². The normalized spacial score (nSPS) is 17.6. The third-order valence-electron chi connectivity index (χ3n) is 6.20. The SMILES string of the molecule is CC[C@H](C)[C@H](NC(=O)CC(O)[C@@H](N)CC1CCCCC1)C(=O)NCc1ccccn1.Cl.Cl. The number of carbonyl (C=O) groups is 2. The molecule has 32 heavy (non-hydrogen) atoms. The maximum atomic E-state index is 12.7. The van der Waals surface area contributed by atoms with E-state index >= 15 is 0 Å². The van der Waals surface area contributed by atoms with E-state index in [0.717, 1.165) is 31.4 Å². The fourth-order valence-corrected chi connectivity index (χ4v) is 4.03. The number of halogens is 2. The van der Waals surface area contributed by atoms with Gasteiger partial charge in [0.1, 0.15) is 6.04 Å². The zero-order valence-corrected chi connectivity index (χ0v) is 20.8. The number of nitrogens with two attached hydrogens (primary N) is 1. The molecule has 1 heterocycles. The summed E-state index contributed by atoms with van der Waals surface area (Å²) < 4.78 is 0. The van der Waals surface area contributed by atoms with Crippen LogP contribution in [0.5, 0.6) is 0 Å². The summed E-state index contributed by atoms with van der Waals surface area (Å²) in [7, 11) is 0. The van der Waals surface area contributed by atoms with Crippen LogP contribution in [-0.2, 0) is 16.1 Å². The van der Waals surface area contributed by atoms with E-state index in [1.165, 1.54) is 19.3 Å². The molecule has 1 aromatic heterocycles. The molecule has 0 radical (unpaired) electrons. The maximum Gasteiger partial charge on any atom is 0.243 e. The van der Waals surface area contributed by atoms with E-state index in [1.807, 2.05) is 32.0 Å². The predicted molar refractivity (Wildman–Crippen MR) is 132 cm³/mol. The number of amides is 2. The highest BCUT2D eigenvalue weighted by Gasteiger charge is 2.28. The molecule has 184 valence electrons. The number of rotatable bonds is 11. The van der Waals surface area contributed by atoms with E-state index in [1.54, 1.807) is 6.20 Å². The van der Waals surface area contributed by atoms with Crippen molar-refractivity contribution in [3.63, 3.8) is 0 Å². The molecule has 0 aliphatic heterocycles. The molecule has 1 saturated carbocycles. The van der Waals surface area contributed by atoms with Gasteiger partial charge in [-0.15, -0.1) is 24.8 Å². The molecule has 2 amide bonds. The van der Waals surface area contributed by atoms with Gasteiger partial charge in [0.05, 0.1) is 24.8 Å². The lowest BCUT2D eigenvalue weighted by atomic mass is 9.83. The van der Waals surface area contributed by atoms with Gasteiger partial charge in [0.25, 0.3) is 0 Å². The lowest BCUT2D eigenvalue weighted by Gasteiger charge is -2.28. The highest BCUT2D eigenvalue weighted by Crippen LogP contribution is 2.27. The highest BCUT2D eigenvalue weighted by molar-refractivity contribution is 5.88. The summed E-state index contributed by atoms with van der Waals surface area (Å²) in [6, 6.07) is 4.44. The summed E-state index contributed by atoms with van der Waals surface area (Å²) in [5.41, 5.74) is 6.92. The molecule has 0 aromatic carbocycles. The first-order valence-corrected chi connectivity index (χ1v) is 11.3. The lowest BCUT2D eigenvalue weighted by molar-refractivity contribution is -0.131. The molecule has 5 N–H and O–H groups in total. The van der Waals surface area contributed by atoms with Gasteiger partial charge in [-0.2, -0.15) is 0 Å². The van der Waals surface area contributed by atoms with Gasteiger partial charge < -0.3 is 21.5 Å². The molecule has 4 atom stereocenters. The highest BCUT2D eigenvalue weighted by atomic mass is 35.5. The smallest absolute Gasteiger partial charge is 0.243 e. The second-order valence-electron chi connectivity index (χ2n) is 8.64. The lowest BCUT2D eigenvalue weighted by Crippen LogP contribution is -2.51. The molecule has 9 heteroatoms. The van der Waals surface area contributed by atoms with Crippen molar-refractivity contribution < 1.29 is 14.7 Å². The third kappa shape index (κ3) is 10.5. The van der Waals surface area contributed by atoms with Crippen LogP contribution in [0.1, 0.15) is 70.9 Å². The Morgan fingerprint density at radius 1 is 1.22 bits per heavy atom. The summed E-state index contributed by atoms with van der Waals surface area (Å²) >= 11 is 0. The largest absolute Gasteiger partial charge is 0.391 e. The van der Waals surface area contributed by atoms with E-state index in [0.29, 0.717) is 12.5 Å². The Kier molecular flexibility index (Phi) is 15.5. The van der Waals surface area contributed by atoms with Crippen LogP contribution in [0.3, 0.4) is 0 Å². The second kappa shape index (κ2) is 16.2. The van der Waals surface area contributed by atoms with Crippen molar-refractivity contribution in [2.75, 3.05) is 0 Å². The molecule has 1 unspecified atom stereocenters. The number of carbonyl (C=O) groups excluding carboxylic acids is 2. The zero-order chi connectivity index (χ0) is 21.9. The topological polar surface area (TPSA) is 117 Å². The van der Waals surface area contributed by atoms with Crippen LogP contribution in [0.15, 0.2) is 24.4 Å². The van der Waals surface area contributed by atoms with Crippen LogP contribution >= 0.6 is 24.8 Å². The average Bonchev–Trinajstić information content (AvgIpc) is 2.76. The standard InChI is InChI=1S/C23H38N4O3.2ClH/c1-3-16(2)22(23(30)26-15-18-11-7-8-12-25-18)27-21(29)14-20(28)19(24)13-17-9-5-4-6-10-17;;/h7-8,11-12,16-17,19-20,22,28H,3-6,9-10,13-15,24H2,1-2H3,(H,26,30)(H,27,29);2*1H/t16-,19-,20?,22-;;/m0../s1. The first-order valence-electron chi connectivity index (χ1n) is 11.3. The van der Waals surface area contributed by atoms with Gasteiger partial charge >= 0.3 is 0 Å². The minimum Gasteiger partial charge on any atom is -0.391 e. The van der Waals surface area contributed by atoms with Crippen LogP contribution in [-0.4, -0.2) is 40.1 Å². The van der Waals surface area contributed by atoms with Crippen molar-refractivity contribution in [3.05, 3.63) is 30.1 Å². The number of nitrogens with one attached hydrogen (secondary N) is 2. The van der Waals surface area contributed by atoms with E-state index in [4.69, 9.17) is 5.73 Å². The Morgan fingerprint density at radius 3 is 2.50 bits per heavy atom. The summed E-state index contributed by atoms with van der Waals surface area (Å²) in [4.78, 5) is 29.4. The van der Waals surface area contributed by atoms with Gasteiger partial charge in [0, 0.05) is 12.2 Å². The molecule has 1 aliphatic rings. The minimum absolute atomic E-state index is 0. The molecule has 0 saturated heterocycles. The molecular formula is C23H40Cl2N4O3. The van der Waals surface area contributed by atoms with Gasteiger partial charge in [0.2, 0.25) is 11.8 Å². The summed E-state index contributed by atoms with van der Waals surface area (Å²) in [6.07, 6.45) is 8.19. The molecule has 0 spiro atoms. The Morgan fingerprint density at radius 2 is 1.91 bits per heavy atom. The van der Waals surface area contributed by atoms with Gasteiger partial charge in [0.15, 0.2) is 0 Å². The molecule has 0 bridgehead atoms. The van der Waals surface area contributed by atoms with Crippen molar-refractivity contribution in [2.24, 2.45) is 17.6 Å². The van der Waals surface area contributed by atoms with Crippen molar-refractivity contribution in [2.45, 2.75) is 89.9 Å². The number of aromatic nitrogens is 1. The Balaban J connectivity index is 0.00000480. The fraction of sp³-hybridized carbons (Fsp3) is 0.696. The van der Waals surface area contributed by atoms with Crippen LogP contribution < -0.4 is 16.4 Å². The number of hydrogen-bond donors (Lipinski definition) is 4. The van der Waals surface area contributed by atoms with E-state index in [9.17, 15) is 14.7 Å². The monoisotopic (exact) mass is 490 g/mol. The van der Waals surface area contributed by atoms with Crippen molar-refractivity contribution >= 4 is 36.6 Å². The minimum atomic E-state index is -0.902. The maximum absolute atomic E-state index is 12.7. The van der Waals surface area contributed by atoms with Gasteiger partial charge in [-0.1, -0.05) is 58.4 Å². The summed E-state index contributed by atoms with van der Waals surface area (Å²) in [5, 5.41) is 16.1. The Bertz CT molecular complexity index is 660. The Labute approximate surface area is 204 Å². The van der Waals surface area contributed by atoms with Crippen molar-refractivity contribution in [1.82, 2.24) is 15.6 Å². The average molecular weight is 492 g/mol.